The van der Waals surface area contributed by atoms with Crippen LogP contribution in [0.15, 0.2) is 60.7 Å². The normalized spacial score (nSPS) is 10.6. The molecule has 0 saturated carbocycles. The Morgan fingerprint density at radius 2 is 1.39 bits per heavy atom. The Labute approximate surface area is 145 Å². The van der Waals surface area contributed by atoms with E-state index in [1.807, 2.05) is 36.4 Å². The van der Waals surface area contributed by atoms with Crippen molar-refractivity contribution < 1.29 is 43.2 Å². The first kappa shape index (κ1) is 24.0. The van der Waals surface area contributed by atoms with Crippen molar-refractivity contribution in [2.75, 3.05) is 0 Å². The van der Waals surface area contributed by atoms with Crippen molar-refractivity contribution in [3.05, 3.63) is 66.2 Å². The summed E-state index contributed by atoms with van der Waals surface area (Å²) in [5.41, 5.74) is -4.23. The number of alkyl halides is 3. The SMILES string of the molecule is CC(C)c1ccccc1.O=S(=O)([O-])C(F)(F)F.[Fe+2].c1cc[cH-]c1. The van der Waals surface area contributed by atoms with Crippen LogP contribution in [0.2, 0.25) is 0 Å². The molecular formula is C15H17F3FeO3S. The number of benzene rings is 1. The molecule has 2 aromatic rings. The molecule has 0 amide bonds. The zero-order valence-electron chi connectivity index (χ0n) is 12.5. The Morgan fingerprint density at radius 3 is 1.57 bits per heavy atom. The molecule has 2 rings (SSSR count). The molecule has 130 valence electrons. The number of rotatable bonds is 1. The molecule has 0 aliphatic heterocycles. The van der Waals surface area contributed by atoms with Crippen LogP contribution in [-0.2, 0) is 27.2 Å². The molecule has 0 unspecified atom stereocenters. The monoisotopic (exact) mass is 390 g/mol. The average molecular weight is 390 g/mol. The summed E-state index contributed by atoms with van der Waals surface area (Å²) in [6.45, 7) is 4.41. The van der Waals surface area contributed by atoms with Crippen molar-refractivity contribution in [2.45, 2.75) is 25.3 Å². The van der Waals surface area contributed by atoms with Crippen molar-refractivity contribution in [2.24, 2.45) is 0 Å². The van der Waals surface area contributed by atoms with E-state index in [-0.39, 0.29) is 17.1 Å². The second kappa shape index (κ2) is 11.3. The second-order valence-electron chi connectivity index (χ2n) is 4.43. The standard InChI is InChI=1S/C9H12.C5H5.CHF3O3S.Fe/c1-8(2)9-6-4-3-5-7-9;1-2-4-5-3-1;2-1(3,4)8(5,6)7;/h3-8H,1-2H3;1-5H;(H,5,6,7);/q;-1;;+2/p-1. The van der Waals surface area contributed by atoms with Crippen molar-refractivity contribution in [3.63, 3.8) is 0 Å². The van der Waals surface area contributed by atoms with Gasteiger partial charge in [0.05, 0.1) is 0 Å². The van der Waals surface area contributed by atoms with Gasteiger partial charge in [-0.2, -0.15) is 31.4 Å². The molecule has 0 radical (unpaired) electrons. The van der Waals surface area contributed by atoms with Gasteiger partial charge in [0.1, 0.15) is 0 Å². The summed E-state index contributed by atoms with van der Waals surface area (Å²) in [6.07, 6.45) is 0. The van der Waals surface area contributed by atoms with Crippen LogP contribution in [0.1, 0.15) is 25.3 Å². The molecule has 2 aromatic carbocycles. The summed E-state index contributed by atoms with van der Waals surface area (Å²) >= 11 is 0. The molecule has 0 atom stereocenters. The molecule has 0 saturated heterocycles. The van der Waals surface area contributed by atoms with Crippen LogP contribution in [0.4, 0.5) is 13.2 Å². The maximum Gasteiger partial charge on any atom is 2.00 e. The van der Waals surface area contributed by atoms with E-state index < -0.39 is 15.6 Å². The third-order valence-electron chi connectivity index (χ3n) is 2.31. The fourth-order valence-corrected chi connectivity index (χ4v) is 1.16. The maximum atomic E-state index is 10.7. The molecule has 0 bridgehead atoms. The van der Waals surface area contributed by atoms with E-state index in [4.69, 9.17) is 13.0 Å². The van der Waals surface area contributed by atoms with Crippen LogP contribution < -0.4 is 0 Å². The molecule has 0 spiro atoms. The predicted octanol–water partition coefficient (Wildman–Crippen LogP) is 4.26. The van der Waals surface area contributed by atoms with E-state index in [9.17, 15) is 13.2 Å². The van der Waals surface area contributed by atoms with Crippen molar-refractivity contribution in [1.82, 2.24) is 0 Å². The third-order valence-corrected chi connectivity index (χ3v) is 2.87. The van der Waals surface area contributed by atoms with Crippen molar-refractivity contribution in [1.29, 1.82) is 0 Å². The summed E-state index contributed by atoms with van der Waals surface area (Å²) in [6, 6.07) is 20.5. The summed E-state index contributed by atoms with van der Waals surface area (Å²) in [7, 11) is -6.09. The molecule has 0 aliphatic rings. The maximum absolute atomic E-state index is 10.7. The first-order valence-corrected chi connectivity index (χ1v) is 7.70. The zero-order chi connectivity index (χ0) is 17.2. The van der Waals surface area contributed by atoms with Gasteiger partial charge in [0, 0.05) is 0 Å². The molecule has 8 heteroatoms. The second-order valence-corrected chi connectivity index (χ2v) is 5.80. The van der Waals surface area contributed by atoms with Crippen LogP contribution in [-0.4, -0.2) is 18.5 Å². The van der Waals surface area contributed by atoms with Gasteiger partial charge >= 0.3 is 22.6 Å². The minimum atomic E-state index is -6.09. The fourth-order valence-electron chi connectivity index (χ4n) is 1.16. The van der Waals surface area contributed by atoms with E-state index in [0.29, 0.717) is 5.92 Å². The summed E-state index contributed by atoms with van der Waals surface area (Å²) in [5, 5.41) is 0. The van der Waals surface area contributed by atoms with E-state index in [0.717, 1.165) is 0 Å². The molecule has 0 N–H and O–H groups in total. The van der Waals surface area contributed by atoms with Crippen LogP contribution >= 0.6 is 0 Å². The van der Waals surface area contributed by atoms with Gasteiger partial charge in [-0.25, -0.2) is 20.6 Å². The van der Waals surface area contributed by atoms with Gasteiger partial charge in [-0.05, 0) is 11.5 Å². The fraction of sp³-hybridized carbons (Fsp3) is 0.267. The van der Waals surface area contributed by atoms with E-state index in [1.165, 1.54) is 5.56 Å². The van der Waals surface area contributed by atoms with E-state index >= 15 is 0 Å². The van der Waals surface area contributed by atoms with Crippen molar-refractivity contribution >= 4 is 10.1 Å². The molecular weight excluding hydrogens is 373 g/mol. The van der Waals surface area contributed by atoms with Gasteiger partial charge in [-0.1, -0.05) is 44.2 Å². The summed E-state index contributed by atoms with van der Waals surface area (Å²) < 4.78 is 58.9. The number of hydrogen-bond acceptors (Lipinski definition) is 3. The Bertz CT molecular complexity index is 577. The molecule has 3 nitrogen and oxygen atoms in total. The summed E-state index contributed by atoms with van der Waals surface area (Å²) in [5.74, 6) is 0.659. The minimum Gasteiger partial charge on any atom is -0.741 e. The first-order valence-electron chi connectivity index (χ1n) is 6.29. The Kier molecular flexibility index (Phi) is 11.9. The molecule has 0 heterocycles. The van der Waals surface area contributed by atoms with Gasteiger partial charge < -0.3 is 4.55 Å². The smallest absolute Gasteiger partial charge is 0.741 e. The van der Waals surface area contributed by atoms with Crippen LogP contribution in [0, 0.1) is 0 Å². The summed E-state index contributed by atoms with van der Waals surface area (Å²) in [4.78, 5) is 0. The largest absolute Gasteiger partial charge is 2.00 e. The van der Waals surface area contributed by atoms with Crippen molar-refractivity contribution in [3.8, 4) is 0 Å². The van der Waals surface area contributed by atoms with Gasteiger partial charge in [0.25, 0.3) is 0 Å². The molecule has 23 heavy (non-hydrogen) atoms. The molecule has 0 aromatic heterocycles. The van der Waals surface area contributed by atoms with Gasteiger partial charge in [-0.15, -0.1) is 0 Å². The minimum absolute atomic E-state index is 0. The Hall–Kier alpha value is -1.21. The van der Waals surface area contributed by atoms with E-state index in [1.54, 1.807) is 0 Å². The average Bonchev–Trinajstić information content (AvgIpc) is 2.97. The number of halogens is 3. The Morgan fingerprint density at radius 1 is 1.00 bits per heavy atom. The van der Waals surface area contributed by atoms with Crippen LogP contribution in [0.25, 0.3) is 0 Å². The topological polar surface area (TPSA) is 57.2 Å². The number of hydrogen-bond donors (Lipinski definition) is 0. The molecule has 0 aliphatic carbocycles. The Balaban J connectivity index is 0. The van der Waals surface area contributed by atoms with Gasteiger partial charge in [0.15, 0.2) is 10.1 Å². The third kappa shape index (κ3) is 11.9. The van der Waals surface area contributed by atoms with Gasteiger partial charge in [-0.3, -0.25) is 0 Å². The zero-order valence-corrected chi connectivity index (χ0v) is 14.4. The predicted molar refractivity (Wildman–Crippen MR) is 78.3 cm³/mol. The van der Waals surface area contributed by atoms with Crippen LogP contribution in [0.3, 0.4) is 0 Å². The van der Waals surface area contributed by atoms with Crippen LogP contribution in [0.5, 0.6) is 0 Å². The molecule has 0 fully saturated rings. The van der Waals surface area contributed by atoms with E-state index in [2.05, 4.69) is 38.1 Å². The van der Waals surface area contributed by atoms with Gasteiger partial charge in [0.2, 0.25) is 0 Å². The first-order chi connectivity index (χ1) is 10.1. The quantitative estimate of drug-likeness (QED) is 0.316.